The maximum absolute atomic E-state index is 12.5. The zero-order valence-electron chi connectivity index (χ0n) is 18.6. The van der Waals surface area contributed by atoms with E-state index < -0.39 is 5.60 Å². The molecule has 0 atom stereocenters. The Morgan fingerprint density at radius 2 is 1.61 bits per heavy atom. The van der Waals surface area contributed by atoms with Crippen molar-refractivity contribution in [3.05, 3.63) is 53.6 Å². The molecule has 1 heterocycles. The Balaban J connectivity index is 1.35. The molecule has 0 bridgehead atoms. The Bertz CT molecular complexity index is 832. The summed E-state index contributed by atoms with van der Waals surface area (Å²) in [5.41, 5.74) is 0.285. The lowest BCUT2D eigenvalue weighted by Gasteiger charge is -2.36. The maximum Gasteiger partial charge on any atom is 0.263 e. The van der Waals surface area contributed by atoms with Gasteiger partial charge >= 0.3 is 0 Å². The van der Waals surface area contributed by atoms with Crippen molar-refractivity contribution < 1.29 is 14.3 Å². The standard InChI is InChI=1S/C24H32ClN3O3/c1-24(2,31-22-9-5-19(25)6-10-22)23(29)26-13-4-14-27-15-17-28(18-16-27)20-7-11-21(30-3)12-8-20/h5-12H,4,13-18H2,1-3H3,(H,26,29). The first-order valence-electron chi connectivity index (χ1n) is 10.7. The van der Waals surface area contributed by atoms with Crippen molar-refractivity contribution >= 4 is 23.2 Å². The third kappa shape index (κ3) is 6.77. The van der Waals surface area contributed by atoms with E-state index in [4.69, 9.17) is 21.1 Å². The predicted molar refractivity (Wildman–Crippen MR) is 125 cm³/mol. The molecule has 0 aromatic heterocycles. The summed E-state index contributed by atoms with van der Waals surface area (Å²) in [6.45, 7) is 9.18. The molecule has 1 aliphatic rings. The number of hydrogen-bond donors (Lipinski definition) is 1. The van der Waals surface area contributed by atoms with E-state index >= 15 is 0 Å². The number of methoxy groups -OCH3 is 1. The van der Waals surface area contributed by atoms with Crippen LogP contribution in [0, 0.1) is 0 Å². The Morgan fingerprint density at radius 1 is 1.00 bits per heavy atom. The van der Waals surface area contributed by atoms with Gasteiger partial charge in [-0.25, -0.2) is 0 Å². The predicted octanol–water partition coefficient (Wildman–Crippen LogP) is 3.83. The van der Waals surface area contributed by atoms with Crippen molar-refractivity contribution in [1.29, 1.82) is 0 Å². The van der Waals surface area contributed by atoms with Crippen molar-refractivity contribution in [3.8, 4) is 11.5 Å². The lowest BCUT2D eigenvalue weighted by Crippen LogP contribution is -2.48. The smallest absolute Gasteiger partial charge is 0.263 e. The first-order chi connectivity index (χ1) is 14.9. The molecule has 2 aromatic rings. The lowest BCUT2D eigenvalue weighted by molar-refractivity contribution is -0.134. The van der Waals surface area contributed by atoms with E-state index in [2.05, 4.69) is 27.2 Å². The molecule has 1 saturated heterocycles. The van der Waals surface area contributed by atoms with E-state index in [0.29, 0.717) is 17.3 Å². The van der Waals surface area contributed by atoms with Gasteiger partial charge in [-0.05, 0) is 75.3 Å². The van der Waals surface area contributed by atoms with Gasteiger partial charge in [-0.3, -0.25) is 9.69 Å². The number of piperazine rings is 1. The first-order valence-corrected chi connectivity index (χ1v) is 11.1. The zero-order chi connectivity index (χ0) is 22.3. The van der Waals surface area contributed by atoms with Crippen molar-refractivity contribution in [3.63, 3.8) is 0 Å². The summed E-state index contributed by atoms with van der Waals surface area (Å²) in [5.74, 6) is 1.39. The molecule has 0 saturated carbocycles. The number of nitrogens with zero attached hydrogens (tertiary/aromatic N) is 2. The third-order valence-corrected chi connectivity index (χ3v) is 5.73. The molecule has 0 aliphatic carbocycles. The maximum atomic E-state index is 12.5. The highest BCUT2D eigenvalue weighted by molar-refractivity contribution is 6.30. The Kier molecular flexibility index (Phi) is 8.04. The summed E-state index contributed by atoms with van der Waals surface area (Å²) in [5, 5.41) is 3.64. The minimum absolute atomic E-state index is 0.119. The van der Waals surface area contributed by atoms with Gasteiger partial charge in [0.15, 0.2) is 5.60 Å². The van der Waals surface area contributed by atoms with Crippen LogP contribution in [0.25, 0.3) is 0 Å². The van der Waals surface area contributed by atoms with E-state index in [-0.39, 0.29) is 5.91 Å². The minimum atomic E-state index is -0.947. The molecular weight excluding hydrogens is 414 g/mol. The molecule has 2 aromatic carbocycles. The molecule has 31 heavy (non-hydrogen) atoms. The van der Waals surface area contributed by atoms with Crippen LogP contribution in [0.15, 0.2) is 48.5 Å². The molecule has 1 amide bonds. The summed E-state index contributed by atoms with van der Waals surface area (Å²) in [4.78, 5) is 17.4. The number of nitrogens with one attached hydrogen (secondary N) is 1. The molecular formula is C24H32ClN3O3. The molecule has 3 rings (SSSR count). The monoisotopic (exact) mass is 445 g/mol. The summed E-state index contributed by atoms with van der Waals surface area (Å²) < 4.78 is 11.1. The first kappa shape index (κ1) is 23.2. The second-order valence-electron chi connectivity index (χ2n) is 8.20. The topological polar surface area (TPSA) is 54.0 Å². The molecule has 1 aliphatic heterocycles. The zero-order valence-corrected chi connectivity index (χ0v) is 19.3. The average Bonchev–Trinajstić information content (AvgIpc) is 2.78. The van der Waals surface area contributed by atoms with Crippen LogP contribution in [0.3, 0.4) is 0 Å². The number of ether oxygens (including phenoxy) is 2. The van der Waals surface area contributed by atoms with E-state index in [9.17, 15) is 4.79 Å². The molecule has 0 spiro atoms. The van der Waals surface area contributed by atoms with Crippen LogP contribution in [0.2, 0.25) is 5.02 Å². The number of rotatable bonds is 9. The van der Waals surface area contributed by atoms with Crippen LogP contribution >= 0.6 is 11.6 Å². The van der Waals surface area contributed by atoms with E-state index in [1.807, 2.05) is 12.1 Å². The lowest BCUT2D eigenvalue weighted by atomic mass is 10.1. The van der Waals surface area contributed by atoms with Crippen molar-refractivity contribution in [2.24, 2.45) is 0 Å². The fraction of sp³-hybridized carbons (Fsp3) is 0.458. The molecule has 1 N–H and O–H groups in total. The second kappa shape index (κ2) is 10.7. The Morgan fingerprint density at radius 3 is 2.23 bits per heavy atom. The van der Waals surface area contributed by atoms with Gasteiger partial charge in [-0.15, -0.1) is 0 Å². The van der Waals surface area contributed by atoms with Crippen molar-refractivity contribution in [1.82, 2.24) is 10.2 Å². The van der Waals surface area contributed by atoms with Gasteiger partial charge in [0.05, 0.1) is 7.11 Å². The number of hydrogen-bond acceptors (Lipinski definition) is 5. The van der Waals surface area contributed by atoms with Gasteiger partial charge in [0.2, 0.25) is 0 Å². The highest BCUT2D eigenvalue weighted by Crippen LogP contribution is 2.22. The molecule has 168 valence electrons. The molecule has 0 radical (unpaired) electrons. The molecule has 0 unspecified atom stereocenters. The number of carbonyl (C=O) groups is 1. The molecule has 6 nitrogen and oxygen atoms in total. The van der Waals surface area contributed by atoms with E-state index in [0.717, 1.165) is 44.9 Å². The van der Waals surface area contributed by atoms with E-state index in [1.165, 1.54) is 5.69 Å². The normalized spacial score (nSPS) is 14.9. The third-order valence-electron chi connectivity index (χ3n) is 5.48. The van der Waals surface area contributed by atoms with Crippen LogP contribution in [0.4, 0.5) is 5.69 Å². The summed E-state index contributed by atoms with van der Waals surface area (Å²) in [6, 6.07) is 15.3. The number of benzene rings is 2. The molecule has 7 heteroatoms. The summed E-state index contributed by atoms with van der Waals surface area (Å²) in [7, 11) is 1.68. The summed E-state index contributed by atoms with van der Waals surface area (Å²) in [6.07, 6.45) is 0.908. The van der Waals surface area contributed by atoms with Gasteiger partial charge in [-0.1, -0.05) is 11.6 Å². The highest BCUT2D eigenvalue weighted by atomic mass is 35.5. The summed E-state index contributed by atoms with van der Waals surface area (Å²) >= 11 is 5.90. The number of halogens is 1. The number of carbonyl (C=O) groups excluding carboxylic acids is 1. The van der Waals surface area contributed by atoms with Gasteiger partial charge in [0.25, 0.3) is 5.91 Å². The van der Waals surface area contributed by atoms with E-state index in [1.54, 1.807) is 45.2 Å². The van der Waals surface area contributed by atoms with Crippen LogP contribution in [-0.4, -0.2) is 62.8 Å². The average molecular weight is 446 g/mol. The van der Waals surface area contributed by atoms with Crippen molar-refractivity contribution in [2.75, 3.05) is 51.3 Å². The van der Waals surface area contributed by atoms with Gasteiger partial charge < -0.3 is 19.7 Å². The van der Waals surface area contributed by atoms with Gasteiger partial charge in [-0.2, -0.15) is 0 Å². The van der Waals surface area contributed by atoms with Crippen LogP contribution in [0.5, 0.6) is 11.5 Å². The number of anilines is 1. The minimum Gasteiger partial charge on any atom is -0.497 e. The van der Waals surface area contributed by atoms with Crippen LogP contribution in [-0.2, 0) is 4.79 Å². The molecule has 1 fully saturated rings. The van der Waals surface area contributed by atoms with Crippen molar-refractivity contribution in [2.45, 2.75) is 25.9 Å². The largest absolute Gasteiger partial charge is 0.497 e. The van der Waals surface area contributed by atoms with Gasteiger partial charge in [0, 0.05) is 43.4 Å². The Hall–Kier alpha value is -2.44. The van der Waals surface area contributed by atoms with Crippen LogP contribution < -0.4 is 19.7 Å². The quantitative estimate of drug-likeness (QED) is 0.594. The SMILES string of the molecule is COc1ccc(N2CCN(CCCNC(=O)C(C)(C)Oc3ccc(Cl)cc3)CC2)cc1. The fourth-order valence-corrected chi connectivity index (χ4v) is 3.71. The van der Waals surface area contributed by atoms with Gasteiger partial charge in [0.1, 0.15) is 11.5 Å². The van der Waals surface area contributed by atoms with Crippen LogP contribution in [0.1, 0.15) is 20.3 Å². The number of amides is 1. The highest BCUT2D eigenvalue weighted by Gasteiger charge is 2.29. The Labute approximate surface area is 190 Å². The second-order valence-corrected chi connectivity index (χ2v) is 8.64. The fourth-order valence-electron chi connectivity index (χ4n) is 3.58.